The van der Waals surface area contributed by atoms with Crippen LogP contribution in [0, 0.1) is 34.9 Å². The Morgan fingerprint density at radius 2 is 1.19 bits per heavy atom. The van der Waals surface area contributed by atoms with Crippen molar-refractivity contribution in [2.45, 2.75) is 45.3 Å². The molecule has 5 aromatic carbocycles. The van der Waals surface area contributed by atoms with Crippen molar-refractivity contribution in [3.05, 3.63) is 143 Å². The van der Waals surface area contributed by atoms with Gasteiger partial charge < -0.3 is 9.47 Å². The molecule has 0 saturated heterocycles. The zero-order valence-corrected chi connectivity index (χ0v) is 25.0. The normalized spacial score (nSPS) is 11.5. The molecule has 10 heteroatoms. The van der Waals surface area contributed by atoms with Gasteiger partial charge in [0.25, 0.3) is 0 Å². The number of rotatable bonds is 12. The predicted octanol–water partition coefficient (Wildman–Crippen LogP) is 11.3. The topological polar surface area (TPSA) is 18.5 Å². The lowest BCUT2D eigenvalue weighted by Gasteiger charge is -2.20. The first kappa shape index (κ1) is 33.5. The third-order valence-electron chi connectivity index (χ3n) is 7.53. The van der Waals surface area contributed by atoms with E-state index in [1.165, 1.54) is 12.1 Å². The molecule has 0 unspecified atom stereocenters. The van der Waals surface area contributed by atoms with Gasteiger partial charge in [0, 0.05) is 23.3 Å². The monoisotopic (exact) mass is 656 g/mol. The highest BCUT2D eigenvalue weighted by Gasteiger charge is 2.41. The van der Waals surface area contributed by atoms with E-state index >= 15 is 22.0 Å². The second kappa shape index (κ2) is 14.3. The molecule has 0 aliphatic heterocycles. The summed E-state index contributed by atoms with van der Waals surface area (Å²) < 4.78 is 126. The molecular formula is C37H28F8O2. The van der Waals surface area contributed by atoms with Gasteiger partial charge in [-0.2, -0.15) is 8.78 Å². The van der Waals surface area contributed by atoms with E-state index in [1.807, 2.05) is 24.3 Å². The van der Waals surface area contributed by atoms with Crippen molar-refractivity contribution in [1.29, 1.82) is 0 Å². The van der Waals surface area contributed by atoms with Crippen molar-refractivity contribution in [1.82, 2.24) is 0 Å². The highest BCUT2D eigenvalue weighted by Crippen LogP contribution is 2.38. The van der Waals surface area contributed by atoms with Crippen molar-refractivity contribution in [2.24, 2.45) is 0 Å². The summed E-state index contributed by atoms with van der Waals surface area (Å²) in [4.78, 5) is 0. The number of ether oxygens (including phenoxy) is 2. The van der Waals surface area contributed by atoms with Gasteiger partial charge in [-0.3, -0.25) is 0 Å². The van der Waals surface area contributed by atoms with Crippen molar-refractivity contribution < 1.29 is 44.6 Å². The Morgan fingerprint density at radius 1 is 0.553 bits per heavy atom. The molecule has 0 spiro atoms. The first-order chi connectivity index (χ1) is 22.4. The maximum Gasteiger partial charge on any atom is 0.432 e. The van der Waals surface area contributed by atoms with Crippen LogP contribution in [0.15, 0.2) is 91.0 Å². The van der Waals surface area contributed by atoms with Gasteiger partial charge in [-0.1, -0.05) is 56.2 Å². The quantitative estimate of drug-likeness (QED) is 0.0983. The Morgan fingerprint density at radius 3 is 1.83 bits per heavy atom. The van der Waals surface area contributed by atoms with Crippen LogP contribution in [-0.2, 0) is 19.1 Å². The SMILES string of the molecule is CCCCCc1ccc(-c2ccc(-c3cc(F)c(C(F)(F)Oc4ccc(COc5ccc(F)c(F)c5)c(F)c4)c(F)c3)c(F)c2)cc1. The lowest BCUT2D eigenvalue weighted by Crippen LogP contribution is -2.25. The van der Waals surface area contributed by atoms with Gasteiger partial charge in [-0.05, 0) is 77.6 Å². The van der Waals surface area contributed by atoms with Crippen molar-refractivity contribution in [2.75, 3.05) is 0 Å². The standard InChI is InChI=1S/C37H28F8O2/c1-2-3-4-5-22-6-8-23(9-7-22)24-11-14-29(32(40)16-24)26-17-34(42)36(35(43)18-26)37(44,45)47-28-12-10-25(31(39)20-28)21-46-27-13-15-30(38)33(41)19-27/h6-20H,2-5,21H2,1H3. The summed E-state index contributed by atoms with van der Waals surface area (Å²) >= 11 is 0. The van der Waals surface area contributed by atoms with Gasteiger partial charge in [0.05, 0.1) is 0 Å². The Labute approximate surface area is 266 Å². The lowest BCUT2D eigenvalue weighted by molar-refractivity contribution is -0.189. The van der Waals surface area contributed by atoms with Crippen molar-refractivity contribution in [3.63, 3.8) is 0 Å². The third-order valence-corrected chi connectivity index (χ3v) is 7.53. The predicted molar refractivity (Wildman–Crippen MR) is 162 cm³/mol. The highest BCUT2D eigenvalue weighted by molar-refractivity contribution is 5.71. The molecule has 0 fully saturated rings. The average Bonchev–Trinajstić information content (AvgIpc) is 3.02. The lowest BCUT2D eigenvalue weighted by atomic mass is 9.97. The zero-order valence-electron chi connectivity index (χ0n) is 25.0. The minimum absolute atomic E-state index is 0.108. The number of hydrogen-bond donors (Lipinski definition) is 0. The molecule has 0 bridgehead atoms. The van der Waals surface area contributed by atoms with Gasteiger partial charge in [0.2, 0.25) is 0 Å². The largest absolute Gasteiger partial charge is 0.489 e. The number of benzene rings is 5. The number of aryl methyl sites for hydroxylation is 1. The molecule has 5 rings (SSSR count). The summed E-state index contributed by atoms with van der Waals surface area (Å²) in [5, 5.41) is 0. The molecule has 0 heterocycles. The van der Waals surface area contributed by atoms with Crippen LogP contribution in [0.3, 0.4) is 0 Å². The van der Waals surface area contributed by atoms with Crippen LogP contribution in [0.2, 0.25) is 0 Å². The van der Waals surface area contributed by atoms with Crippen molar-refractivity contribution in [3.8, 4) is 33.8 Å². The molecule has 0 aliphatic carbocycles. The minimum atomic E-state index is -4.59. The second-order valence-electron chi connectivity index (χ2n) is 10.9. The molecule has 0 aromatic heterocycles. The first-order valence-electron chi connectivity index (χ1n) is 14.8. The molecule has 0 saturated carbocycles. The van der Waals surface area contributed by atoms with Crippen LogP contribution >= 0.6 is 0 Å². The van der Waals surface area contributed by atoms with Gasteiger partial charge in [-0.25, -0.2) is 26.3 Å². The van der Waals surface area contributed by atoms with E-state index in [0.717, 1.165) is 67.1 Å². The summed E-state index contributed by atoms with van der Waals surface area (Å²) in [6, 6.07) is 18.0. The van der Waals surface area contributed by atoms with E-state index in [2.05, 4.69) is 11.7 Å². The van der Waals surface area contributed by atoms with E-state index in [-0.39, 0.29) is 22.4 Å². The summed E-state index contributed by atoms with van der Waals surface area (Å²) in [6.07, 6.45) is -0.359. The fraction of sp³-hybridized carbons (Fsp3) is 0.189. The number of unbranched alkanes of at least 4 members (excludes halogenated alkanes) is 2. The van der Waals surface area contributed by atoms with E-state index in [9.17, 15) is 13.2 Å². The van der Waals surface area contributed by atoms with E-state index < -0.39 is 58.9 Å². The summed E-state index contributed by atoms with van der Waals surface area (Å²) in [5.41, 5.74) is -0.00576. The fourth-order valence-corrected chi connectivity index (χ4v) is 5.01. The molecule has 47 heavy (non-hydrogen) atoms. The number of halogens is 8. The maximum absolute atomic E-state index is 15.2. The molecule has 0 amide bonds. The Hall–Kier alpha value is -4.86. The minimum Gasteiger partial charge on any atom is -0.489 e. The smallest absolute Gasteiger partial charge is 0.432 e. The first-order valence-corrected chi connectivity index (χ1v) is 14.8. The molecule has 0 radical (unpaired) electrons. The third kappa shape index (κ3) is 7.93. The zero-order chi connectivity index (χ0) is 33.7. The molecular weight excluding hydrogens is 628 g/mol. The number of alkyl halides is 2. The molecule has 0 N–H and O–H groups in total. The molecule has 5 aromatic rings. The molecule has 2 nitrogen and oxygen atoms in total. The van der Waals surface area contributed by atoms with E-state index in [1.54, 1.807) is 6.07 Å². The van der Waals surface area contributed by atoms with Crippen LogP contribution in [0.25, 0.3) is 22.3 Å². The van der Waals surface area contributed by atoms with Gasteiger partial charge in [-0.15, -0.1) is 0 Å². The molecule has 0 aliphatic rings. The number of hydrogen-bond acceptors (Lipinski definition) is 2. The Balaban J connectivity index is 1.30. The summed E-state index contributed by atoms with van der Waals surface area (Å²) in [6.45, 7) is 1.65. The van der Waals surface area contributed by atoms with Crippen LogP contribution in [0.5, 0.6) is 11.5 Å². The van der Waals surface area contributed by atoms with Gasteiger partial charge >= 0.3 is 6.11 Å². The molecule has 244 valence electrons. The molecule has 0 atom stereocenters. The van der Waals surface area contributed by atoms with Crippen LogP contribution in [0.4, 0.5) is 35.1 Å². The van der Waals surface area contributed by atoms with Crippen LogP contribution in [-0.4, -0.2) is 0 Å². The van der Waals surface area contributed by atoms with E-state index in [4.69, 9.17) is 4.74 Å². The second-order valence-corrected chi connectivity index (χ2v) is 10.9. The highest BCUT2D eigenvalue weighted by atomic mass is 19.3. The average molecular weight is 657 g/mol. The van der Waals surface area contributed by atoms with Crippen LogP contribution < -0.4 is 9.47 Å². The maximum atomic E-state index is 15.2. The van der Waals surface area contributed by atoms with Gasteiger partial charge in [0.15, 0.2) is 11.6 Å². The van der Waals surface area contributed by atoms with Crippen molar-refractivity contribution >= 4 is 0 Å². The Bertz CT molecular complexity index is 1850. The van der Waals surface area contributed by atoms with Crippen LogP contribution in [0.1, 0.15) is 42.9 Å². The fourth-order valence-electron chi connectivity index (χ4n) is 5.01. The Kier molecular flexibility index (Phi) is 10.2. The summed E-state index contributed by atoms with van der Waals surface area (Å²) in [5.74, 6) is -8.45. The van der Waals surface area contributed by atoms with E-state index in [0.29, 0.717) is 23.8 Å². The van der Waals surface area contributed by atoms with Gasteiger partial charge in [0.1, 0.15) is 46.9 Å². The summed E-state index contributed by atoms with van der Waals surface area (Å²) in [7, 11) is 0.